The second-order valence-electron chi connectivity index (χ2n) is 5.35. The van der Waals surface area contributed by atoms with Crippen LogP contribution in [0, 0.1) is 0 Å². The van der Waals surface area contributed by atoms with Gasteiger partial charge in [-0.1, -0.05) is 47.1 Å². The first-order chi connectivity index (χ1) is 12.6. The van der Waals surface area contributed by atoms with Gasteiger partial charge in [0.2, 0.25) is 5.89 Å². The summed E-state index contributed by atoms with van der Waals surface area (Å²) in [6.07, 6.45) is 0.510. The molecular formula is C18H16Cl2N2O3S. The predicted octanol–water partition coefficient (Wildman–Crippen LogP) is 5.28. The SMILES string of the molecule is COc1ccc(Cc2nnc(SCc3ccc(Cl)cc3Cl)o2)cc1OC. The van der Waals surface area contributed by atoms with E-state index in [-0.39, 0.29) is 0 Å². The molecule has 1 aromatic heterocycles. The van der Waals surface area contributed by atoms with E-state index in [1.165, 1.54) is 11.8 Å². The van der Waals surface area contributed by atoms with E-state index < -0.39 is 0 Å². The zero-order valence-electron chi connectivity index (χ0n) is 14.2. The summed E-state index contributed by atoms with van der Waals surface area (Å²) >= 11 is 13.5. The van der Waals surface area contributed by atoms with Gasteiger partial charge in [-0.15, -0.1) is 10.2 Å². The monoisotopic (exact) mass is 410 g/mol. The molecule has 1 heterocycles. The normalized spacial score (nSPS) is 10.8. The maximum Gasteiger partial charge on any atom is 0.276 e. The van der Waals surface area contributed by atoms with E-state index in [2.05, 4.69) is 10.2 Å². The van der Waals surface area contributed by atoms with Crippen molar-refractivity contribution < 1.29 is 13.9 Å². The minimum absolute atomic E-state index is 0.492. The average Bonchev–Trinajstić information content (AvgIpc) is 3.08. The molecule has 0 N–H and O–H groups in total. The van der Waals surface area contributed by atoms with Gasteiger partial charge in [-0.05, 0) is 35.4 Å². The molecule has 0 aliphatic heterocycles. The van der Waals surface area contributed by atoms with Crippen LogP contribution in [0.2, 0.25) is 10.0 Å². The van der Waals surface area contributed by atoms with Crippen LogP contribution in [0.4, 0.5) is 0 Å². The molecule has 0 unspecified atom stereocenters. The summed E-state index contributed by atoms with van der Waals surface area (Å²) < 4.78 is 16.2. The lowest BCUT2D eigenvalue weighted by Gasteiger charge is -2.08. The van der Waals surface area contributed by atoms with Crippen LogP contribution in [0.25, 0.3) is 0 Å². The molecule has 0 amide bonds. The standard InChI is InChI=1S/C18H16Cl2N2O3S/c1-23-15-6-3-11(7-16(15)24-2)8-17-21-22-18(25-17)26-10-12-4-5-13(19)9-14(12)20/h3-7,9H,8,10H2,1-2H3. The first-order valence-corrected chi connectivity index (χ1v) is 9.43. The van der Waals surface area contributed by atoms with Crippen molar-refractivity contribution in [2.45, 2.75) is 17.4 Å². The van der Waals surface area contributed by atoms with Gasteiger partial charge in [0.05, 0.1) is 20.6 Å². The van der Waals surface area contributed by atoms with Gasteiger partial charge in [-0.2, -0.15) is 0 Å². The third-order valence-corrected chi connectivity index (χ3v) is 5.07. The third kappa shape index (κ3) is 4.63. The van der Waals surface area contributed by atoms with Gasteiger partial charge in [-0.25, -0.2) is 0 Å². The molecule has 136 valence electrons. The predicted molar refractivity (Wildman–Crippen MR) is 103 cm³/mol. The Hall–Kier alpha value is -1.89. The van der Waals surface area contributed by atoms with Crippen LogP contribution >= 0.6 is 35.0 Å². The lowest BCUT2D eigenvalue weighted by atomic mass is 10.1. The molecule has 0 bridgehead atoms. The number of aromatic nitrogens is 2. The molecule has 0 atom stereocenters. The molecular weight excluding hydrogens is 395 g/mol. The van der Waals surface area contributed by atoms with E-state index in [0.29, 0.717) is 44.8 Å². The second kappa shape index (κ2) is 8.66. The second-order valence-corrected chi connectivity index (χ2v) is 7.12. The number of methoxy groups -OCH3 is 2. The Labute approximate surface area is 165 Å². The van der Waals surface area contributed by atoms with Crippen LogP contribution in [-0.4, -0.2) is 24.4 Å². The van der Waals surface area contributed by atoms with E-state index in [4.69, 9.17) is 37.1 Å². The Morgan fingerprint density at radius 3 is 2.54 bits per heavy atom. The third-order valence-electron chi connectivity index (χ3n) is 3.62. The zero-order valence-corrected chi connectivity index (χ0v) is 16.5. The summed E-state index contributed by atoms with van der Waals surface area (Å²) in [4.78, 5) is 0. The number of halogens is 2. The molecule has 0 spiro atoms. The van der Waals surface area contributed by atoms with Crippen LogP contribution < -0.4 is 9.47 Å². The summed E-state index contributed by atoms with van der Waals surface area (Å²) in [5.41, 5.74) is 1.95. The smallest absolute Gasteiger partial charge is 0.276 e. The number of rotatable bonds is 7. The van der Waals surface area contributed by atoms with Crippen LogP contribution in [0.3, 0.4) is 0 Å². The average molecular weight is 411 g/mol. The molecule has 0 fully saturated rings. The van der Waals surface area contributed by atoms with Gasteiger partial charge in [-0.3, -0.25) is 0 Å². The topological polar surface area (TPSA) is 57.4 Å². The Morgan fingerprint density at radius 2 is 1.81 bits per heavy atom. The van der Waals surface area contributed by atoms with Gasteiger partial charge in [0.15, 0.2) is 11.5 Å². The molecule has 2 aromatic carbocycles. The summed E-state index contributed by atoms with van der Waals surface area (Å²) in [6, 6.07) is 11.1. The van der Waals surface area contributed by atoms with E-state index in [0.717, 1.165) is 11.1 Å². The Balaban J connectivity index is 1.64. The highest BCUT2D eigenvalue weighted by Gasteiger charge is 2.11. The molecule has 0 saturated heterocycles. The summed E-state index contributed by atoms with van der Waals surface area (Å²) in [7, 11) is 3.21. The zero-order chi connectivity index (χ0) is 18.5. The Kier molecular flexibility index (Phi) is 6.29. The van der Waals surface area contributed by atoms with Gasteiger partial charge in [0, 0.05) is 15.8 Å². The summed E-state index contributed by atoms with van der Waals surface area (Å²) in [5.74, 6) is 2.49. The Morgan fingerprint density at radius 1 is 1.00 bits per heavy atom. The molecule has 3 rings (SSSR count). The van der Waals surface area contributed by atoms with E-state index in [1.807, 2.05) is 24.3 Å². The fourth-order valence-corrected chi connectivity index (χ4v) is 3.65. The fraction of sp³-hybridized carbons (Fsp3) is 0.222. The van der Waals surface area contributed by atoms with Gasteiger partial charge in [0.1, 0.15) is 0 Å². The largest absolute Gasteiger partial charge is 0.493 e. The molecule has 0 saturated carbocycles. The van der Waals surface area contributed by atoms with Crippen molar-refractivity contribution in [2.75, 3.05) is 14.2 Å². The summed E-state index contributed by atoms with van der Waals surface area (Å²) in [6.45, 7) is 0. The minimum Gasteiger partial charge on any atom is -0.493 e. The maximum absolute atomic E-state index is 6.18. The van der Waals surface area contributed by atoms with Crippen molar-refractivity contribution >= 4 is 35.0 Å². The van der Waals surface area contributed by atoms with Crippen LogP contribution in [0.5, 0.6) is 11.5 Å². The lowest BCUT2D eigenvalue weighted by molar-refractivity contribution is 0.354. The van der Waals surface area contributed by atoms with E-state index >= 15 is 0 Å². The van der Waals surface area contributed by atoms with Gasteiger partial charge >= 0.3 is 0 Å². The number of benzene rings is 2. The molecule has 0 aliphatic carbocycles. The highest BCUT2D eigenvalue weighted by molar-refractivity contribution is 7.98. The molecule has 8 heteroatoms. The van der Waals surface area contributed by atoms with E-state index in [9.17, 15) is 0 Å². The molecule has 0 radical (unpaired) electrons. The fourth-order valence-electron chi connectivity index (χ4n) is 2.31. The van der Waals surface area contributed by atoms with Crippen LogP contribution in [0.15, 0.2) is 46.0 Å². The van der Waals surface area contributed by atoms with Gasteiger partial charge < -0.3 is 13.9 Å². The lowest BCUT2D eigenvalue weighted by Crippen LogP contribution is -1.94. The van der Waals surface area contributed by atoms with Crippen molar-refractivity contribution in [3.8, 4) is 11.5 Å². The first kappa shape index (κ1) is 18.9. The number of ether oxygens (including phenoxy) is 2. The number of hydrogen-bond donors (Lipinski definition) is 0. The van der Waals surface area contributed by atoms with Crippen molar-refractivity contribution in [1.82, 2.24) is 10.2 Å². The molecule has 3 aromatic rings. The number of nitrogens with zero attached hydrogens (tertiary/aromatic N) is 2. The van der Waals surface area contributed by atoms with E-state index in [1.54, 1.807) is 26.4 Å². The summed E-state index contributed by atoms with van der Waals surface area (Å²) in [5, 5.41) is 9.89. The van der Waals surface area contributed by atoms with Gasteiger partial charge in [0.25, 0.3) is 5.22 Å². The van der Waals surface area contributed by atoms with Crippen molar-refractivity contribution in [3.63, 3.8) is 0 Å². The molecule has 5 nitrogen and oxygen atoms in total. The highest BCUT2D eigenvalue weighted by Crippen LogP contribution is 2.30. The quantitative estimate of drug-likeness (QED) is 0.494. The van der Waals surface area contributed by atoms with Crippen molar-refractivity contribution in [1.29, 1.82) is 0 Å². The van der Waals surface area contributed by atoms with Crippen LogP contribution in [0.1, 0.15) is 17.0 Å². The van der Waals surface area contributed by atoms with Crippen molar-refractivity contribution in [3.05, 3.63) is 63.5 Å². The van der Waals surface area contributed by atoms with Crippen LogP contribution in [-0.2, 0) is 12.2 Å². The first-order valence-electron chi connectivity index (χ1n) is 7.69. The number of thioether (sulfide) groups is 1. The number of hydrogen-bond acceptors (Lipinski definition) is 6. The minimum atomic E-state index is 0.492. The van der Waals surface area contributed by atoms with Crippen molar-refractivity contribution in [2.24, 2.45) is 0 Å². The molecule has 0 aliphatic rings. The maximum atomic E-state index is 6.18. The Bertz CT molecular complexity index is 902. The highest BCUT2D eigenvalue weighted by atomic mass is 35.5. The molecule has 26 heavy (non-hydrogen) atoms.